The highest BCUT2D eigenvalue weighted by Gasteiger charge is 2.51. The SMILES string of the molecule is CCN(CC)c1ccc(NC(=O)[C@@H]2[C@H](C(=O)O)[C@H]3C=C[C@H]2C3)cc1. The van der Waals surface area contributed by atoms with E-state index >= 15 is 0 Å². The van der Waals surface area contributed by atoms with Crippen LogP contribution in [0.4, 0.5) is 11.4 Å². The minimum absolute atomic E-state index is 0.00621. The number of carboxylic acids is 1. The molecule has 3 rings (SSSR count). The van der Waals surface area contributed by atoms with Gasteiger partial charge in [0.1, 0.15) is 0 Å². The number of hydrogen-bond donors (Lipinski definition) is 2. The van der Waals surface area contributed by atoms with Gasteiger partial charge in [0.2, 0.25) is 5.91 Å². The van der Waals surface area contributed by atoms with Crippen LogP contribution in [0.15, 0.2) is 36.4 Å². The van der Waals surface area contributed by atoms with E-state index in [1.807, 2.05) is 36.4 Å². The molecule has 24 heavy (non-hydrogen) atoms. The molecule has 2 aliphatic carbocycles. The molecule has 1 saturated carbocycles. The summed E-state index contributed by atoms with van der Waals surface area (Å²) in [5.74, 6) is -2.09. The van der Waals surface area contributed by atoms with Gasteiger partial charge in [-0.05, 0) is 56.4 Å². The number of carbonyl (C=O) groups is 2. The molecule has 5 heteroatoms. The molecule has 0 heterocycles. The molecule has 0 aliphatic heterocycles. The molecule has 0 aromatic heterocycles. The van der Waals surface area contributed by atoms with Gasteiger partial charge in [-0.2, -0.15) is 0 Å². The van der Waals surface area contributed by atoms with Crippen molar-refractivity contribution < 1.29 is 14.7 Å². The van der Waals surface area contributed by atoms with Crippen LogP contribution in [0.3, 0.4) is 0 Å². The maximum absolute atomic E-state index is 12.6. The molecule has 2 bridgehead atoms. The van der Waals surface area contributed by atoms with E-state index in [9.17, 15) is 14.7 Å². The molecule has 1 amide bonds. The van der Waals surface area contributed by atoms with Crippen molar-refractivity contribution in [1.29, 1.82) is 0 Å². The van der Waals surface area contributed by atoms with E-state index in [1.165, 1.54) is 0 Å². The number of nitrogens with zero attached hydrogens (tertiary/aromatic N) is 1. The van der Waals surface area contributed by atoms with Gasteiger partial charge >= 0.3 is 5.97 Å². The Morgan fingerprint density at radius 2 is 1.67 bits per heavy atom. The fraction of sp³-hybridized carbons (Fsp3) is 0.474. The summed E-state index contributed by atoms with van der Waals surface area (Å²) in [6.45, 7) is 6.07. The molecule has 128 valence electrons. The molecule has 2 N–H and O–H groups in total. The summed E-state index contributed by atoms with van der Waals surface area (Å²) in [7, 11) is 0. The number of anilines is 2. The fourth-order valence-corrected chi connectivity index (χ4v) is 4.09. The average molecular weight is 328 g/mol. The third-order valence-electron chi connectivity index (χ3n) is 5.31. The monoisotopic (exact) mass is 328 g/mol. The second-order valence-electron chi connectivity index (χ2n) is 6.55. The number of amides is 1. The first-order chi connectivity index (χ1) is 11.5. The number of hydrogen-bond acceptors (Lipinski definition) is 3. The Morgan fingerprint density at radius 1 is 1.08 bits per heavy atom. The zero-order valence-corrected chi connectivity index (χ0v) is 14.1. The number of rotatable bonds is 6. The van der Waals surface area contributed by atoms with Gasteiger partial charge in [0.25, 0.3) is 0 Å². The van der Waals surface area contributed by atoms with Crippen LogP contribution in [-0.4, -0.2) is 30.1 Å². The van der Waals surface area contributed by atoms with E-state index in [-0.39, 0.29) is 17.7 Å². The summed E-state index contributed by atoms with van der Waals surface area (Å²) in [5.41, 5.74) is 1.83. The Hall–Kier alpha value is -2.30. The van der Waals surface area contributed by atoms with E-state index in [4.69, 9.17) is 0 Å². The Balaban J connectivity index is 1.71. The highest BCUT2D eigenvalue weighted by molar-refractivity contribution is 5.96. The van der Waals surface area contributed by atoms with Gasteiger partial charge in [0.15, 0.2) is 0 Å². The molecule has 1 fully saturated rings. The van der Waals surface area contributed by atoms with Gasteiger partial charge in [-0.3, -0.25) is 9.59 Å². The first-order valence-electron chi connectivity index (χ1n) is 8.62. The fourth-order valence-electron chi connectivity index (χ4n) is 4.09. The van der Waals surface area contributed by atoms with E-state index in [0.717, 1.165) is 25.2 Å². The van der Waals surface area contributed by atoms with Gasteiger partial charge < -0.3 is 15.3 Å². The maximum atomic E-state index is 12.6. The van der Waals surface area contributed by atoms with Crippen molar-refractivity contribution in [3.05, 3.63) is 36.4 Å². The lowest BCUT2D eigenvalue weighted by Gasteiger charge is -2.24. The number of carbonyl (C=O) groups excluding carboxylic acids is 1. The number of nitrogens with one attached hydrogen (secondary N) is 1. The van der Waals surface area contributed by atoms with Crippen molar-refractivity contribution in [2.24, 2.45) is 23.7 Å². The zero-order valence-electron chi connectivity index (χ0n) is 14.1. The summed E-state index contributed by atoms with van der Waals surface area (Å²) >= 11 is 0. The maximum Gasteiger partial charge on any atom is 0.307 e. The molecule has 1 aromatic carbocycles. The van der Waals surface area contributed by atoms with Crippen LogP contribution in [0.2, 0.25) is 0 Å². The third kappa shape index (κ3) is 2.90. The number of carboxylic acid groups (broad SMARTS) is 1. The summed E-state index contributed by atoms with van der Waals surface area (Å²) in [4.78, 5) is 26.4. The van der Waals surface area contributed by atoms with Crippen LogP contribution >= 0.6 is 0 Å². The predicted molar refractivity (Wildman–Crippen MR) is 94.0 cm³/mol. The number of aliphatic carboxylic acids is 1. The molecule has 0 radical (unpaired) electrons. The summed E-state index contributed by atoms with van der Waals surface area (Å²) in [5, 5.41) is 12.4. The molecule has 0 saturated heterocycles. The number of benzene rings is 1. The van der Waals surface area contributed by atoms with Crippen molar-refractivity contribution in [1.82, 2.24) is 0 Å². The Bertz CT molecular complexity index is 649. The van der Waals surface area contributed by atoms with Gasteiger partial charge in [-0.15, -0.1) is 0 Å². The molecule has 5 nitrogen and oxygen atoms in total. The molecule has 4 atom stereocenters. The predicted octanol–water partition coefficient (Wildman–Crippen LogP) is 2.99. The zero-order chi connectivity index (χ0) is 17.3. The van der Waals surface area contributed by atoms with Crippen molar-refractivity contribution in [2.45, 2.75) is 20.3 Å². The summed E-state index contributed by atoms with van der Waals surface area (Å²) < 4.78 is 0. The van der Waals surface area contributed by atoms with Gasteiger partial charge in [-0.25, -0.2) is 0 Å². The van der Waals surface area contributed by atoms with Crippen molar-refractivity contribution in [3.8, 4) is 0 Å². The van der Waals surface area contributed by atoms with Crippen molar-refractivity contribution >= 4 is 23.3 Å². The van der Waals surface area contributed by atoms with Crippen LogP contribution in [0.1, 0.15) is 20.3 Å². The van der Waals surface area contributed by atoms with Gasteiger partial charge in [-0.1, -0.05) is 12.2 Å². The second kappa shape index (κ2) is 6.67. The minimum atomic E-state index is -0.871. The highest BCUT2D eigenvalue weighted by Crippen LogP contribution is 2.48. The third-order valence-corrected chi connectivity index (χ3v) is 5.31. The van der Waals surface area contributed by atoms with Gasteiger partial charge in [0, 0.05) is 24.5 Å². The van der Waals surface area contributed by atoms with Crippen LogP contribution in [0, 0.1) is 23.7 Å². The summed E-state index contributed by atoms with van der Waals surface area (Å²) in [6.07, 6.45) is 4.72. The topological polar surface area (TPSA) is 69.6 Å². The van der Waals surface area contributed by atoms with Crippen LogP contribution in [-0.2, 0) is 9.59 Å². The Morgan fingerprint density at radius 3 is 2.21 bits per heavy atom. The first-order valence-corrected chi connectivity index (χ1v) is 8.62. The minimum Gasteiger partial charge on any atom is -0.481 e. The van der Waals surface area contributed by atoms with Crippen LogP contribution < -0.4 is 10.2 Å². The molecular formula is C19H24N2O3. The molecule has 0 unspecified atom stereocenters. The first kappa shape index (κ1) is 16.6. The Kier molecular flexibility index (Phi) is 4.60. The smallest absolute Gasteiger partial charge is 0.307 e. The standard InChI is InChI=1S/C19H24N2O3/c1-3-21(4-2)15-9-7-14(8-10-15)20-18(22)16-12-5-6-13(11-12)17(16)19(23)24/h5-10,12-13,16-17H,3-4,11H2,1-2H3,(H,20,22)(H,23,24)/t12-,13-,16-,17+/m0/s1. The normalized spacial score (nSPS) is 27.2. The lowest BCUT2D eigenvalue weighted by Crippen LogP contribution is -2.36. The highest BCUT2D eigenvalue weighted by atomic mass is 16.4. The molecule has 2 aliphatic rings. The van der Waals surface area contributed by atoms with Crippen LogP contribution in [0.25, 0.3) is 0 Å². The second-order valence-corrected chi connectivity index (χ2v) is 6.55. The van der Waals surface area contributed by atoms with E-state index < -0.39 is 17.8 Å². The molecule has 1 aromatic rings. The number of fused-ring (bicyclic) bond motifs is 2. The lowest BCUT2D eigenvalue weighted by molar-refractivity contribution is -0.146. The Labute approximate surface area is 142 Å². The van der Waals surface area contributed by atoms with Crippen molar-refractivity contribution in [2.75, 3.05) is 23.3 Å². The lowest BCUT2D eigenvalue weighted by atomic mass is 9.82. The quantitative estimate of drug-likeness (QED) is 0.788. The van der Waals surface area contributed by atoms with Crippen molar-refractivity contribution in [3.63, 3.8) is 0 Å². The van der Waals surface area contributed by atoms with Gasteiger partial charge in [0.05, 0.1) is 11.8 Å². The average Bonchev–Trinajstić information content (AvgIpc) is 3.18. The van der Waals surface area contributed by atoms with E-state index in [0.29, 0.717) is 5.69 Å². The van der Waals surface area contributed by atoms with E-state index in [1.54, 1.807) is 0 Å². The molecular weight excluding hydrogens is 304 g/mol. The van der Waals surface area contributed by atoms with Crippen LogP contribution in [0.5, 0.6) is 0 Å². The number of allylic oxidation sites excluding steroid dienone is 2. The molecule has 0 spiro atoms. The summed E-state index contributed by atoms with van der Waals surface area (Å²) in [6, 6.07) is 7.73. The largest absolute Gasteiger partial charge is 0.481 e. The van der Waals surface area contributed by atoms with E-state index in [2.05, 4.69) is 24.1 Å².